The van der Waals surface area contributed by atoms with Crippen molar-refractivity contribution in [2.24, 2.45) is 0 Å². The van der Waals surface area contributed by atoms with Crippen molar-refractivity contribution in [2.75, 3.05) is 6.61 Å². The minimum absolute atomic E-state index is 0.131. The molecule has 3 N–H and O–H groups in total. The smallest absolute Gasteiger partial charge is 0.306 e. The van der Waals surface area contributed by atoms with E-state index in [2.05, 4.69) is 5.32 Å². The summed E-state index contributed by atoms with van der Waals surface area (Å²) in [7, 11) is 0. The summed E-state index contributed by atoms with van der Waals surface area (Å²) < 4.78 is 15.7. The Balaban J connectivity index is 2.87. The maximum atomic E-state index is 11.9. The van der Waals surface area contributed by atoms with E-state index < -0.39 is 42.6 Å². The second kappa shape index (κ2) is 11.9. The molecule has 1 heterocycles. The molecule has 0 bridgehead atoms. The standard InChI is InChI=1S/C18H31NO8/c1-4-7-12(20)19-15-17(27-14(22)9-6-3)16(23)11(26-18(15)24)10-25-13(21)8-5-2/h11,15-18,23-24H,4-10H2,1-3H3,(H,19,20)/t11-,15-,16-,17-,18?/m1/s1. The lowest BCUT2D eigenvalue weighted by molar-refractivity contribution is -0.260. The molecule has 0 aromatic carbocycles. The van der Waals surface area contributed by atoms with Crippen LogP contribution < -0.4 is 5.32 Å². The van der Waals surface area contributed by atoms with Crippen LogP contribution in [0.2, 0.25) is 0 Å². The minimum atomic E-state index is -1.52. The number of hydrogen-bond acceptors (Lipinski definition) is 8. The largest absolute Gasteiger partial charge is 0.463 e. The summed E-state index contributed by atoms with van der Waals surface area (Å²) in [5.41, 5.74) is 0. The number of nitrogens with one attached hydrogen (secondary N) is 1. The van der Waals surface area contributed by atoms with E-state index in [0.717, 1.165) is 0 Å². The van der Waals surface area contributed by atoms with Crippen molar-refractivity contribution < 1.29 is 38.8 Å². The average Bonchev–Trinajstić information content (AvgIpc) is 2.60. The van der Waals surface area contributed by atoms with Crippen molar-refractivity contribution in [3.8, 4) is 0 Å². The first-order valence-corrected chi connectivity index (χ1v) is 9.50. The maximum Gasteiger partial charge on any atom is 0.306 e. The van der Waals surface area contributed by atoms with Crippen molar-refractivity contribution in [1.29, 1.82) is 0 Å². The zero-order valence-electron chi connectivity index (χ0n) is 16.2. The summed E-state index contributed by atoms with van der Waals surface area (Å²) in [5, 5.41) is 23.4. The molecule has 0 radical (unpaired) electrons. The Hall–Kier alpha value is -1.71. The lowest BCUT2D eigenvalue weighted by Crippen LogP contribution is -2.65. The molecule has 0 aromatic rings. The van der Waals surface area contributed by atoms with Gasteiger partial charge >= 0.3 is 11.9 Å². The molecule has 156 valence electrons. The summed E-state index contributed by atoms with van der Waals surface area (Å²) in [6.45, 7) is 5.15. The van der Waals surface area contributed by atoms with Crippen LogP contribution in [-0.4, -0.2) is 65.3 Å². The second-order valence-electron chi connectivity index (χ2n) is 6.54. The van der Waals surface area contributed by atoms with Gasteiger partial charge in [0, 0.05) is 19.3 Å². The van der Waals surface area contributed by atoms with Crippen LogP contribution in [0.3, 0.4) is 0 Å². The topological polar surface area (TPSA) is 131 Å². The molecule has 1 fully saturated rings. The van der Waals surface area contributed by atoms with Gasteiger partial charge in [-0.2, -0.15) is 0 Å². The van der Waals surface area contributed by atoms with Crippen LogP contribution in [0.4, 0.5) is 0 Å². The van der Waals surface area contributed by atoms with Crippen LogP contribution in [0.25, 0.3) is 0 Å². The zero-order chi connectivity index (χ0) is 20.4. The summed E-state index contributed by atoms with van der Waals surface area (Å²) in [6.07, 6.45) is -2.89. The van der Waals surface area contributed by atoms with Crippen molar-refractivity contribution in [1.82, 2.24) is 5.32 Å². The molecule has 27 heavy (non-hydrogen) atoms. The van der Waals surface area contributed by atoms with Gasteiger partial charge in [0.15, 0.2) is 12.4 Å². The van der Waals surface area contributed by atoms with Gasteiger partial charge in [-0.05, 0) is 19.3 Å². The first kappa shape index (κ1) is 23.3. The minimum Gasteiger partial charge on any atom is -0.463 e. The van der Waals surface area contributed by atoms with Gasteiger partial charge in [-0.3, -0.25) is 14.4 Å². The number of rotatable bonds is 10. The number of hydrogen-bond donors (Lipinski definition) is 3. The van der Waals surface area contributed by atoms with Crippen molar-refractivity contribution in [2.45, 2.75) is 89.9 Å². The van der Waals surface area contributed by atoms with Crippen LogP contribution in [0.5, 0.6) is 0 Å². The Bertz CT molecular complexity index is 498. The molecule has 0 aliphatic carbocycles. The third-order valence-corrected chi connectivity index (χ3v) is 4.08. The second-order valence-corrected chi connectivity index (χ2v) is 6.54. The van der Waals surface area contributed by atoms with E-state index in [1.807, 2.05) is 13.8 Å². The quantitative estimate of drug-likeness (QED) is 0.458. The molecule has 9 heteroatoms. The van der Waals surface area contributed by atoms with Crippen LogP contribution in [0, 0.1) is 0 Å². The highest BCUT2D eigenvalue weighted by atomic mass is 16.6. The number of carbonyl (C=O) groups is 3. The van der Waals surface area contributed by atoms with E-state index >= 15 is 0 Å². The molecule has 9 nitrogen and oxygen atoms in total. The SMILES string of the molecule is CCCC(=O)N[C@H]1C(O)O[C@H](COC(=O)CCC)[C@@H](O)[C@@H]1OC(=O)CCC. The van der Waals surface area contributed by atoms with Crippen LogP contribution in [0.15, 0.2) is 0 Å². The normalized spacial score (nSPS) is 27.7. The molecule has 0 aromatic heterocycles. The van der Waals surface area contributed by atoms with Crippen molar-refractivity contribution >= 4 is 17.8 Å². The van der Waals surface area contributed by atoms with E-state index in [9.17, 15) is 24.6 Å². The number of carbonyl (C=O) groups excluding carboxylic acids is 3. The average molecular weight is 389 g/mol. The third kappa shape index (κ3) is 7.43. The van der Waals surface area contributed by atoms with Crippen LogP contribution >= 0.6 is 0 Å². The first-order chi connectivity index (χ1) is 12.8. The van der Waals surface area contributed by atoms with Gasteiger partial charge in [0.25, 0.3) is 0 Å². The van der Waals surface area contributed by atoms with Gasteiger partial charge in [-0.25, -0.2) is 0 Å². The molecule has 1 aliphatic rings. The van der Waals surface area contributed by atoms with E-state index in [-0.39, 0.29) is 31.8 Å². The molecular weight excluding hydrogens is 358 g/mol. The Morgan fingerprint density at radius 1 is 0.963 bits per heavy atom. The molecule has 5 atom stereocenters. The lowest BCUT2D eigenvalue weighted by Gasteiger charge is -2.42. The highest BCUT2D eigenvalue weighted by Gasteiger charge is 2.48. The summed E-state index contributed by atoms with van der Waals surface area (Å²) in [4.78, 5) is 35.4. The lowest BCUT2D eigenvalue weighted by atomic mass is 9.96. The third-order valence-electron chi connectivity index (χ3n) is 4.08. The van der Waals surface area contributed by atoms with Crippen LogP contribution in [-0.2, 0) is 28.6 Å². The van der Waals surface area contributed by atoms with E-state index in [1.165, 1.54) is 0 Å². The van der Waals surface area contributed by atoms with Crippen molar-refractivity contribution in [3.63, 3.8) is 0 Å². The summed E-state index contributed by atoms with van der Waals surface area (Å²) >= 11 is 0. The Labute approximate surface area is 159 Å². The number of aliphatic hydroxyl groups is 2. The van der Waals surface area contributed by atoms with Gasteiger partial charge in [0.05, 0.1) is 0 Å². The fraction of sp³-hybridized carbons (Fsp3) is 0.833. The Morgan fingerprint density at radius 2 is 1.56 bits per heavy atom. The molecule has 1 amide bonds. The van der Waals surface area contributed by atoms with Gasteiger partial charge in [-0.15, -0.1) is 0 Å². The monoisotopic (exact) mass is 389 g/mol. The van der Waals surface area contributed by atoms with Crippen molar-refractivity contribution in [3.05, 3.63) is 0 Å². The summed E-state index contributed by atoms with van der Waals surface area (Å²) in [6, 6.07) is -1.12. The number of esters is 2. The Morgan fingerprint density at radius 3 is 2.15 bits per heavy atom. The van der Waals surface area contributed by atoms with Gasteiger partial charge in [0.2, 0.25) is 5.91 Å². The molecule has 1 unspecified atom stereocenters. The molecule has 0 spiro atoms. The molecule has 1 aliphatic heterocycles. The van der Waals surface area contributed by atoms with Gasteiger partial charge in [-0.1, -0.05) is 20.8 Å². The predicted octanol–water partition coefficient (Wildman–Crippen LogP) is 0.405. The molecule has 1 rings (SSSR count). The maximum absolute atomic E-state index is 11.9. The fourth-order valence-electron chi connectivity index (χ4n) is 2.72. The molecule has 0 saturated carbocycles. The van der Waals surface area contributed by atoms with E-state index in [4.69, 9.17) is 14.2 Å². The number of amides is 1. The van der Waals surface area contributed by atoms with Crippen LogP contribution in [0.1, 0.15) is 59.3 Å². The first-order valence-electron chi connectivity index (χ1n) is 9.50. The zero-order valence-corrected chi connectivity index (χ0v) is 16.2. The number of ether oxygens (including phenoxy) is 3. The fourth-order valence-corrected chi connectivity index (χ4v) is 2.72. The number of aliphatic hydroxyl groups excluding tert-OH is 2. The molecular formula is C18H31NO8. The van der Waals surface area contributed by atoms with E-state index in [1.54, 1.807) is 6.92 Å². The Kier molecular flexibility index (Phi) is 10.3. The van der Waals surface area contributed by atoms with Gasteiger partial charge in [0.1, 0.15) is 24.9 Å². The summed E-state index contributed by atoms with van der Waals surface area (Å²) in [5.74, 6) is -1.38. The van der Waals surface area contributed by atoms with Gasteiger partial charge < -0.3 is 29.7 Å². The highest BCUT2D eigenvalue weighted by molar-refractivity contribution is 5.76. The molecule has 1 saturated heterocycles. The predicted molar refractivity (Wildman–Crippen MR) is 94.4 cm³/mol. The van der Waals surface area contributed by atoms with E-state index in [0.29, 0.717) is 19.3 Å². The highest BCUT2D eigenvalue weighted by Crippen LogP contribution is 2.24.